The van der Waals surface area contributed by atoms with Crippen LogP contribution in [0.5, 0.6) is 11.5 Å². The molecule has 0 saturated carbocycles. The summed E-state index contributed by atoms with van der Waals surface area (Å²) in [6.45, 7) is 1.00. The van der Waals surface area contributed by atoms with Crippen LogP contribution in [-0.2, 0) is 13.2 Å². The number of benzene rings is 2. The van der Waals surface area contributed by atoms with E-state index in [1.54, 1.807) is 13.2 Å². The highest BCUT2D eigenvalue weighted by Gasteiger charge is 2.13. The van der Waals surface area contributed by atoms with Gasteiger partial charge in [-0.2, -0.15) is 0 Å². The molecule has 0 unspecified atom stereocenters. The van der Waals surface area contributed by atoms with E-state index in [9.17, 15) is 0 Å². The molecule has 2 rings (SSSR count). The maximum Gasteiger partial charge on any atom is 0.166 e. The van der Waals surface area contributed by atoms with E-state index in [1.165, 1.54) is 0 Å². The highest BCUT2D eigenvalue weighted by Crippen LogP contribution is 2.35. The SMILES string of the molecule is CNCc1cc(Cl)cc(OC)c1OCc1ccccc1Cl. The third-order valence-electron chi connectivity index (χ3n) is 3.01. The number of hydrogen-bond acceptors (Lipinski definition) is 3. The summed E-state index contributed by atoms with van der Waals surface area (Å²) >= 11 is 12.2. The Morgan fingerprint density at radius 1 is 1.10 bits per heavy atom. The molecule has 0 amide bonds. The van der Waals surface area contributed by atoms with Gasteiger partial charge in [-0.05, 0) is 19.2 Å². The van der Waals surface area contributed by atoms with Gasteiger partial charge < -0.3 is 14.8 Å². The topological polar surface area (TPSA) is 30.5 Å². The second kappa shape index (κ2) is 7.55. The Morgan fingerprint density at radius 3 is 2.52 bits per heavy atom. The Morgan fingerprint density at radius 2 is 1.86 bits per heavy atom. The van der Waals surface area contributed by atoms with Crippen LogP contribution >= 0.6 is 23.2 Å². The molecule has 0 radical (unpaired) electrons. The van der Waals surface area contributed by atoms with Crippen molar-refractivity contribution >= 4 is 23.2 Å². The molecule has 0 aliphatic carbocycles. The van der Waals surface area contributed by atoms with Crippen molar-refractivity contribution in [1.29, 1.82) is 0 Å². The average Bonchev–Trinajstić information content (AvgIpc) is 2.47. The van der Waals surface area contributed by atoms with Crippen LogP contribution in [0, 0.1) is 0 Å². The Balaban J connectivity index is 2.27. The second-order valence-electron chi connectivity index (χ2n) is 4.51. The maximum absolute atomic E-state index is 6.15. The van der Waals surface area contributed by atoms with E-state index in [0.29, 0.717) is 34.7 Å². The Bertz CT molecular complexity index is 617. The molecule has 0 spiro atoms. The lowest BCUT2D eigenvalue weighted by molar-refractivity contribution is 0.281. The molecule has 0 bridgehead atoms. The summed E-state index contributed by atoms with van der Waals surface area (Å²) in [4.78, 5) is 0. The first-order valence-corrected chi connectivity index (χ1v) is 7.28. The first-order chi connectivity index (χ1) is 10.2. The lowest BCUT2D eigenvalue weighted by atomic mass is 10.1. The zero-order valence-corrected chi connectivity index (χ0v) is 13.5. The van der Waals surface area contributed by atoms with Gasteiger partial charge in [-0.3, -0.25) is 0 Å². The number of methoxy groups -OCH3 is 1. The van der Waals surface area contributed by atoms with Crippen molar-refractivity contribution in [2.45, 2.75) is 13.2 Å². The first kappa shape index (κ1) is 16.0. The van der Waals surface area contributed by atoms with Gasteiger partial charge in [0.2, 0.25) is 0 Å². The smallest absolute Gasteiger partial charge is 0.166 e. The van der Waals surface area contributed by atoms with Crippen molar-refractivity contribution < 1.29 is 9.47 Å². The van der Waals surface area contributed by atoms with E-state index in [0.717, 1.165) is 11.1 Å². The van der Waals surface area contributed by atoms with Crippen LogP contribution in [0.15, 0.2) is 36.4 Å². The van der Waals surface area contributed by atoms with Crippen LogP contribution in [-0.4, -0.2) is 14.2 Å². The van der Waals surface area contributed by atoms with Crippen LogP contribution < -0.4 is 14.8 Å². The number of ether oxygens (including phenoxy) is 2. The minimum absolute atomic E-state index is 0.369. The van der Waals surface area contributed by atoms with Gasteiger partial charge in [-0.25, -0.2) is 0 Å². The highest BCUT2D eigenvalue weighted by molar-refractivity contribution is 6.31. The molecule has 0 saturated heterocycles. The van der Waals surface area contributed by atoms with Gasteiger partial charge in [-0.1, -0.05) is 41.4 Å². The molecule has 2 aromatic rings. The van der Waals surface area contributed by atoms with Gasteiger partial charge in [-0.15, -0.1) is 0 Å². The summed E-state index contributed by atoms with van der Waals surface area (Å²) in [5.41, 5.74) is 1.86. The predicted octanol–water partition coefficient (Wildman–Crippen LogP) is 4.30. The molecule has 112 valence electrons. The lowest BCUT2D eigenvalue weighted by Crippen LogP contribution is -2.09. The van der Waals surface area contributed by atoms with Gasteiger partial charge in [0.15, 0.2) is 11.5 Å². The van der Waals surface area contributed by atoms with Crippen molar-refractivity contribution in [1.82, 2.24) is 5.32 Å². The quantitative estimate of drug-likeness (QED) is 0.858. The molecule has 21 heavy (non-hydrogen) atoms. The summed E-state index contributed by atoms with van der Waals surface area (Å²) in [5.74, 6) is 1.29. The summed E-state index contributed by atoms with van der Waals surface area (Å²) < 4.78 is 11.3. The van der Waals surface area contributed by atoms with E-state index in [2.05, 4.69) is 5.32 Å². The largest absolute Gasteiger partial charge is 0.493 e. The van der Waals surface area contributed by atoms with Crippen molar-refractivity contribution in [2.24, 2.45) is 0 Å². The van der Waals surface area contributed by atoms with Gasteiger partial charge in [0.25, 0.3) is 0 Å². The molecule has 1 N–H and O–H groups in total. The molecule has 0 aliphatic heterocycles. The monoisotopic (exact) mass is 325 g/mol. The summed E-state index contributed by atoms with van der Waals surface area (Å²) in [6.07, 6.45) is 0. The van der Waals surface area contributed by atoms with Gasteiger partial charge in [0.1, 0.15) is 6.61 Å². The molecule has 2 aromatic carbocycles. The lowest BCUT2D eigenvalue weighted by Gasteiger charge is -2.16. The van der Waals surface area contributed by atoms with E-state index in [4.69, 9.17) is 32.7 Å². The number of rotatable bonds is 6. The molecule has 0 atom stereocenters. The summed E-state index contributed by atoms with van der Waals surface area (Å²) in [7, 11) is 3.46. The van der Waals surface area contributed by atoms with E-state index < -0.39 is 0 Å². The minimum atomic E-state index is 0.369. The average molecular weight is 326 g/mol. The molecule has 0 fully saturated rings. The molecular weight excluding hydrogens is 309 g/mol. The zero-order valence-electron chi connectivity index (χ0n) is 12.0. The van der Waals surface area contributed by atoms with Gasteiger partial charge in [0, 0.05) is 33.8 Å². The van der Waals surface area contributed by atoms with Crippen molar-refractivity contribution in [2.75, 3.05) is 14.2 Å². The third-order valence-corrected chi connectivity index (χ3v) is 3.60. The van der Waals surface area contributed by atoms with E-state index in [-0.39, 0.29) is 0 Å². The molecule has 3 nitrogen and oxygen atoms in total. The fraction of sp³-hybridized carbons (Fsp3) is 0.250. The van der Waals surface area contributed by atoms with Crippen molar-refractivity contribution in [3.8, 4) is 11.5 Å². The molecule has 0 heterocycles. The minimum Gasteiger partial charge on any atom is -0.493 e. The van der Waals surface area contributed by atoms with E-state index >= 15 is 0 Å². The van der Waals surface area contributed by atoms with E-state index in [1.807, 2.05) is 37.4 Å². The first-order valence-electron chi connectivity index (χ1n) is 6.53. The second-order valence-corrected chi connectivity index (χ2v) is 5.35. The van der Waals surface area contributed by atoms with Crippen LogP contribution in [0.2, 0.25) is 10.0 Å². The van der Waals surface area contributed by atoms with Crippen LogP contribution in [0.3, 0.4) is 0 Å². The van der Waals surface area contributed by atoms with Crippen molar-refractivity contribution in [3.05, 3.63) is 57.6 Å². The highest BCUT2D eigenvalue weighted by atomic mass is 35.5. The Hall–Kier alpha value is -1.42. The van der Waals surface area contributed by atoms with Crippen LogP contribution in [0.1, 0.15) is 11.1 Å². The fourth-order valence-electron chi connectivity index (χ4n) is 2.03. The van der Waals surface area contributed by atoms with Crippen LogP contribution in [0.25, 0.3) is 0 Å². The number of hydrogen-bond donors (Lipinski definition) is 1. The fourth-order valence-corrected chi connectivity index (χ4v) is 2.45. The standard InChI is InChI=1S/C16H17Cl2NO2/c1-19-9-12-7-13(17)8-15(20-2)16(12)21-10-11-5-3-4-6-14(11)18/h3-8,19H,9-10H2,1-2H3. The molecule has 0 aliphatic rings. The van der Waals surface area contributed by atoms with Crippen molar-refractivity contribution in [3.63, 3.8) is 0 Å². The number of nitrogens with one attached hydrogen (secondary N) is 1. The zero-order chi connectivity index (χ0) is 15.2. The summed E-state index contributed by atoms with van der Waals surface area (Å²) in [5, 5.41) is 4.39. The maximum atomic E-state index is 6.15. The summed E-state index contributed by atoms with van der Waals surface area (Å²) in [6, 6.07) is 11.2. The van der Waals surface area contributed by atoms with Crippen LogP contribution in [0.4, 0.5) is 0 Å². The normalized spacial score (nSPS) is 10.5. The van der Waals surface area contributed by atoms with Gasteiger partial charge >= 0.3 is 0 Å². The predicted molar refractivity (Wildman–Crippen MR) is 86.6 cm³/mol. The molecule has 0 aromatic heterocycles. The molecular formula is C16H17Cl2NO2. The Kier molecular flexibility index (Phi) is 5.74. The molecule has 5 heteroatoms. The van der Waals surface area contributed by atoms with Gasteiger partial charge in [0.05, 0.1) is 7.11 Å². The third kappa shape index (κ3) is 4.03. The number of halogens is 2. The Labute approximate surface area is 134 Å².